The second-order valence-electron chi connectivity index (χ2n) is 11.3. The Morgan fingerprint density at radius 2 is 1.48 bits per heavy atom. The monoisotopic (exact) mass is 641 g/mol. The molecule has 0 N–H and O–H groups in total. The maximum atomic E-state index is 5.01. The third-order valence-electron chi connectivity index (χ3n) is 7.68. The van der Waals surface area contributed by atoms with E-state index in [0.29, 0.717) is 5.92 Å². The van der Waals surface area contributed by atoms with E-state index in [2.05, 4.69) is 93.0 Å². The molecule has 8 rings (SSSR count). The highest BCUT2D eigenvalue weighted by atomic mass is 32.1. The zero-order valence-electron chi connectivity index (χ0n) is 23.8. The molecule has 7 heterocycles. The minimum atomic E-state index is 0.655. The number of aromatic nitrogens is 4. The van der Waals surface area contributed by atoms with Crippen molar-refractivity contribution in [3.63, 3.8) is 0 Å². The van der Waals surface area contributed by atoms with Gasteiger partial charge in [0.25, 0.3) is 0 Å². The highest BCUT2D eigenvalue weighted by Gasteiger charge is 2.21. The van der Waals surface area contributed by atoms with E-state index in [9.17, 15) is 0 Å². The maximum absolute atomic E-state index is 5.01. The summed E-state index contributed by atoms with van der Waals surface area (Å²) in [6.07, 6.45) is 3.13. The zero-order valence-corrected chi connectivity index (χ0v) is 27.8. The third-order valence-corrected chi connectivity index (χ3v) is 13.0. The molecule has 0 atom stereocenters. The number of aryl methyl sites for hydroxylation is 1. The van der Waals surface area contributed by atoms with Gasteiger partial charge in [-0.05, 0) is 54.3 Å². The molecule has 10 heteroatoms. The van der Waals surface area contributed by atoms with Gasteiger partial charge in [0.2, 0.25) is 0 Å². The van der Waals surface area contributed by atoms with Crippen LogP contribution in [0.25, 0.3) is 72.3 Å². The molecular weight excluding hydrogens is 615 g/mol. The Kier molecular flexibility index (Phi) is 6.28. The quantitative estimate of drug-likeness (QED) is 0.181. The molecule has 0 radical (unpaired) electrons. The SMILES string of the molecule is CC(C)Cc1cc2c(s1)c1sc(-c3ncc(-c4cc5sc(-c6ccc(N(C)C)cc6)cc5s4)c4nsnc34)cc1n2C. The molecule has 0 aliphatic heterocycles. The van der Waals surface area contributed by atoms with E-state index >= 15 is 0 Å². The van der Waals surface area contributed by atoms with Crippen LogP contribution in [0.5, 0.6) is 0 Å². The van der Waals surface area contributed by atoms with Gasteiger partial charge in [-0.2, -0.15) is 8.75 Å². The first-order valence-electron chi connectivity index (χ1n) is 13.8. The van der Waals surface area contributed by atoms with Crippen LogP contribution in [0.2, 0.25) is 0 Å². The second kappa shape index (κ2) is 9.96. The molecule has 7 aromatic heterocycles. The van der Waals surface area contributed by atoms with Gasteiger partial charge in [-0.1, -0.05) is 26.0 Å². The Labute approximate surface area is 263 Å². The molecule has 0 fully saturated rings. The Morgan fingerprint density at radius 3 is 2.24 bits per heavy atom. The van der Waals surface area contributed by atoms with E-state index in [-0.39, 0.29) is 0 Å². The topological polar surface area (TPSA) is 46.8 Å². The predicted molar refractivity (Wildman–Crippen MR) is 187 cm³/mol. The Morgan fingerprint density at radius 1 is 0.786 bits per heavy atom. The van der Waals surface area contributed by atoms with E-state index in [1.807, 2.05) is 51.5 Å². The lowest BCUT2D eigenvalue weighted by molar-refractivity contribution is 0.654. The number of nitrogens with zero attached hydrogens (tertiary/aromatic N) is 5. The zero-order chi connectivity index (χ0) is 28.7. The molecule has 42 heavy (non-hydrogen) atoms. The first kappa shape index (κ1) is 26.5. The first-order valence-corrected chi connectivity index (χ1v) is 17.8. The Balaban J connectivity index is 1.16. The summed E-state index contributed by atoms with van der Waals surface area (Å²) in [4.78, 5) is 12.2. The number of hydrogen-bond donors (Lipinski definition) is 0. The fraction of sp³-hybridized carbons (Fsp3) is 0.219. The van der Waals surface area contributed by atoms with Crippen molar-refractivity contribution < 1.29 is 0 Å². The van der Waals surface area contributed by atoms with Crippen LogP contribution in [0.4, 0.5) is 5.69 Å². The van der Waals surface area contributed by atoms with Gasteiger partial charge < -0.3 is 9.47 Å². The Hall–Kier alpha value is -3.15. The molecule has 5 nitrogen and oxygen atoms in total. The molecule has 0 unspecified atom stereocenters. The van der Waals surface area contributed by atoms with Crippen LogP contribution in [0.3, 0.4) is 0 Å². The van der Waals surface area contributed by atoms with Crippen LogP contribution in [-0.2, 0) is 13.5 Å². The van der Waals surface area contributed by atoms with E-state index < -0.39 is 0 Å². The largest absolute Gasteiger partial charge is 0.378 e. The van der Waals surface area contributed by atoms with Gasteiger partial charge in [0.05, 0.1) is 37.0 Å². The summed E-state index contributed by atoms with van der Waals surface area (Å²) >= 11 is 8.68. The average molecular weight is 642 g/mol. The summed E-state index contributed by atoms with van der Waals surface area (Å²) < 4.78 is 17.2. The molecule has 1 aromatic carbocycles. The summed E-state index contributed by atoms with van der Waals surface area (Å²) in [7, 11) is 6.32. The third kappa shape index (κ3) is 4.23. The smallest absolute Gasteiger partial charge is 0.132 e. The fourth-order valence-electron chi connectivity index (χ4n) is 5.55. The summed E-state index contributed by atoms with van der Waals surface area (Å²) in [5.74, 6) is 0.655. The molecule has 0 aliphatic carbocycles. The van der Waals surface area contributed by atoms with Crippen LogP contribution < -0.4 is 4.90 Å². The van der Waals surface area contributed by atoms with E-state index in [0.717, 1.165) is 33.6 Å². The molecule has 0 amide bonds. The second-order valence-corrected chi connectivity index (χ2v) is 16.2. The van der Waals surface area contributed by atoms with Gasteiger partial charge in [0, 0.05) is 62.6 Å². The number of pyridine rings is 1. The van der Waals surface area contributed by atoms with Gasteiger partial charge in [-0.3, -0.25) is 4.98 Å². The number of benzene rings is 1. The average Bonchev–Trinajstić information content (AvgIpc) is 3.79. The summed E-state index contributed by atoms with van der Waals surface area (Å²) in [5.41, 5.74) is 8.89. The molecule has 0 spiro atoms. The van der Waals surface area contributed by atoms with Crippen molar-refractivity contribution in [1.29, 1.82) is 0 Å². The lowest BCUT2D eigenvalue weighted by Crippen LogP contribution is -2.07. The van der Waals surface area contributed by atoms with E-state index in [1.165, 1.54) is 67.4 Å². The van der Waals surface area contributed by atoms with Crippen molar-refractivity contribution in [2.45, 2.75) is 20.3 Å². The highest BCUT2D eigenvalue weighted by Crippen LogP contribution is 2.46. The van der Waals surface area contributed by atoms with Crippen LogP contribution in [-0.4, -0.2) is 32.4 Å². The maximum Gasteiger partial charge on any atom is 0.132 e. The van der Waals surface area contributed by atoms with Crippen molar-refractivity contribution in [1.82, 2.24) is 18.3 Å². The van der Waals surface area contributed by atoms with E-state index in [4.69, 9.17) is 13.7 Å². The summed E-state index contributed by atoms with van der Waals surface area (Å²) in [6.45, 7) is 4.57. The first-order chi connectivity index (χ1) is 20.3. The molecule has 0 saturated carbocycles. The van der Waals surface area contributed by atoms with Crippen LogP contribution in [0.15, 0.2) is 54.7 Å². The number of rotatable bonds is 6. The molecule has 210 valence electrons. The number of hydrogen-bond acceptors (Lipinski definition) is 9. The normalized spacial score (nSPS) is 12.2. The van der Waals surface area contributed by atoms with Crippen molar-refractivity contribution in [3.8, 4) is 31.5 Å². The van der Waals surface area contributed by atoms with Crippen LogP contribution in [0.1, 0.15) is 18.7 Å². The minimum Gasteiger partial charge on any atom is -0.378 e. The standard InChI is InChI=1S/C32H27N5S5/c1-16(2)10-19-11-21-31(38-19)32-22(37(21)5)12-27(41-32)29-30-28(34-42-35-30)20(15-33-29)24-14-26-25(40-24)13-23(39-26)17-6-8-18(9-7-17)36(3)4/h6-9,11-16H,10H2,1-5H3. The van der Waals surface area contributed by atoms with Crippen LogP contribution >= 0.6 is 57.1 Å². The molecular formula is C32H27N5S5. The molecule has 0 saturated heterocycles. The van der Waals surface area contributed by atoms with Gasteiger partial charge in [0.1, 0.15) is 16.7 Å². The van der Waals surface area contributed by atoms with Crippen molar-refractivity contribution in [2.75, 3.05) is 19.0 Å². The van der Waals surface area contributed by atoms with Gasteiger partial charge in [-0.15, -0.1) is 45.3 Å². The lowest BCUT2D eigenvalue weighted by atomic mass is 10.1. The van der Waals surface area contributed by atoms with Gasteiger partial charge >= 0.3 is 0 Å². The number of anilines is 1. The van der Waals surface area contributed by atoms with Crippen molar-refractivity contribution >= 4 is 104 Å². The van der Waals surface area contributed by atoms with Gasteiger partial charge in [0.15, 0.2) is 0 Å². The number of fused-ring (bicyclic) bond motifs is 5. The fourth-order valence-corrected chi connectivity index (χ4v) is 11.3. The molecule has 8 aromatic rings. The summed E-state index contributed by atoms with van der Waals surface area (Å²) in [6, 6.07) is 18.0. The number of thiophene rings is 4. The van der Waals surface area contributed by atoms with Gasteiger partial charge in [-0.25, -0.2) is 0 Å². The highest BCUT2D eigenvalue weighted by molar-refractivity contribution is 7.31. The molecule has 0 aliphatic rings. The van der Waals surface area contributed by atoms with E-state index in [1.54, 1.807) is 0 Å². The molecule has 0 bridgehead atoms. The lowest BCUT2D eigenvalue weighted by Gasteiger charge is -2.12. The minimum absolute atomic E-state index is 0.655. The Bertz CT molecular complexity index is 2220. The van der Waals surface area contributed by atoms with Crippen molar-refractivity contribution in [2.24, 2.45) is 13.0 Å². The summed E-state index contributed by atoms with van der Waals surface area (Å²) in [5, 5.41) is 0. The van der Waals surface area contributed by atoms with Crippen LogP contribution in [0, 0.1) is 5.92 Å². The predicted octanol–water partition coefficient (Wildman–Crippen LogP) is 10.4. The van der Waals surface area contributed by atoms with Crippen molar-refractivity contribution in [3.05, 3.63) is 59.6 Å².